The van der Waals surface area contributed by atoms with Gasteiger partial charge in [0.1, 0.15) is 5.75 Å². The van der Waals surface area contributed by atoms with Crippen LogP contribution in [0.15, 0.2) is 36.4 Å². The minimum atomic E-state index is -0.562. The molecule has 0 N–H and O–H groups in total. The van der Waals surface area contributed by atoms with Crippen LogP contribution in [0.1, 0.15) is 10.4 Å². The van der Waals surface area contributed by atoms with Crippen LogP contribution >= 0.6 is 11.6 Å². The van der Waals surface area contributed by atoms with E-state index in [4.69, 9.17) is 25.8 Å². The summed E-state index contributed by atoms with van der Waals surface area (Å²) in [6, 6.07) is 8.61. The lowest BCUT2D eigenvalue weighted by atomic mass is 10.1. The molecule has 23 heavy (non-hydrogen) atoms. The van der Waals surface area contributed by atoms with E-state index in [1.54, 1.807) is 18.2 Å². The highest BCUT2D eigenvalue weighted by molar-refractivity contribution is 6.32. The maximum atomic E-state index is 12.1. The average Bonchev–Trinajstić information content (AvgIpc) is 3.00. The van der Waals surface area contributed by atoms with Crippen LogP contribution in [0.2, 0.25) is 5.02 Å². The van der Waals surface area contributed by atoms with Crippen LogP contribution in [0.5, 0.6) is 17.2 Å². The lowest BCUT2D eigenvalue weighted by Gasteiger charge is -2.07. The van der Waals surface area contributed by atoms with Crippen LogP contribution in [0.3, 0.4) is 0 Å². The van der Waals surface area contributed by atoms with E-state index in [9.17, 15) is 14.9 Å². The molecule has 0 aromatic heterocycles. The zero-order valence-corrected chi connectivity index (χ0v) is 12.4. The average molecular weight is 336 g/mol. The van der Waals surface area contributed by atoms with Gasteiger partial charge in [-0.3, -0.25) is 14.9 Å². The first-order valence-electron chi connectivity index (χ1n) is 6.54. The van der Waals surface area contributed by atoms with E-state index in [1.165, 1.54) is 18.2 Å². The normalized spacial score (nSPS) is 12.0. The predicted molar refractivity (Wildman–Crippen MR) is 80.5 cm³/mol. The highest BCUT2D eigenvalue weighted by Crippen LogP contribution is 2.33. The third-order valence-corrected chi connectivity index (χ3v) is 3.47. The summed E-state index contributed by atoms with van der Waals surface area (Å²) in [5, 5.41) is 10.7. The van der Waals surface area contributed by atoms with Crippen LogP contribution in [-0.2, 0) is 0 Å². The Hall–Kier alpha value is -2.80. The molecule has 8 heteroatoms. The molecular weight excluding hydrogens is 326 g/mol. The number of carbonyl (C=O) groups is 1. The molecule has 0 radical (unpaired) electrons. The molecule has 0 atom stereocenters. The summed E-state index contributed by atoms with van der Waals surface area (Å²) in [5.74, 6) is 1.01. The summed E-state index contributed by atoms with van der Waals surface area (Å²) >= 11 is 5.90. The molecule has 1 aliphatic heterocycles. The first kappa shape index (κ1) is 15.1. The summed E-state index contributed by atoms with van der Waals surface area (Å²) < 4.78 is 15.7. The standard InChI is InChI=1S/C15H10ClNO6/c16-11-6-10(17(19)20)2-4-13(11)21-7-12(18)9-1-3-14-15(5-9)23-8-22-14/h1-6H,7-8H2. The maximum Gasteiger partial charge on any atom is 0.271 e. The highest BCUT2D eigenvalue weighted by Gasteiger charge is 2.17. The lowest BCUT2D eigenvalue weighted by Crippen LogP contribution is -2.11. The second kappa shape index (κ2) is 6.13. The van der Waals surface area contributed by atoms with E-state index < -0.39 is 4.92 Å². The van der Waals surface area contributed by atoms with Crippen molar-refractivity contribution in [2.45, 2.75) is 0 Å². The zero-order valence-electron chi connectivity index (χ0n) is 11.7. The Morgan fingerprint density at radius 3 is 2.74 bits per heavy atom. The number of fused-ring (bicyclic) bond motifs is 1. The van der Waals surface area contributed by atoms with Crippen molar-refractivity contribution in [3.63, 3.8) is 0 Å². The number of nitro benzene ring substituents is 1. The molecule has 0 amide bonds. The lowest BCUT2D eigenvalue weighted by molar-refractivity contribution is -0.384. The number of hydrogen-bond donors (Lipinski definition) is 0. The van der Waals surface area contributed by atoms with Gasteiger partial charge in [0.15, 0.2) is 23.9 Å². The molecule has 3 rings (SSSR count). The summed E-state index contributed by atoms with van der Waals surface area (Å²) in [6.45, 7) is -0.126. The van der Waals surface area contributed by atoms with Crippen molar-refractivity contribution in [1.82, 2.24) is 0 Å². The number of rotatable bonds is 5. The monoisotopic (exact) mass is 335 g/mol. The molecule has 0 spiro atoms. The third-order valence-electron chi connectivity index (χ3n) is 3.18. The largest absolute Gasteiger partial charge is 0.484 e. The SMILES string of the molecule is O=C(COc1ccc([N+](=O)[O-])cc1Cl)c1ccc2c(c1)OCO2. The van der Waals surface area contributed by atoms with E-state index in [2.05, 4.69) is 0 Å². The molecule has 2 aromatic carbocycles. The fourth-order valence-corrected chi connectivity index (χ4v) is 2.25. The van der Waals surface area contributed by atoms with E-state index in [1.807, 2.05) is 0 Å². The Balaban J connectivity index is 1.68. The molecule has 0 bridgehead atoms. The van der Waals surface area contributed by atoms with Gasteiger partial charge in [-0.1, -0.05) is 11.6 Å². The van der Waals surface area contributed by atoms with Crippen molar-refractivity contribution in [3.05, 3.63) is 57.1 Å². The number of non-ortho nitro benzene ring substituents is 1. The Morgan fingerprint density at radius 2 is 2.00 bits per heavy atom. The fourth-order valence-electron chi connectivity index (χ4n) is 2.02. The molecule has 2 aromatic rings. The van der Waals surface area contributed by atoms with Gasteiger partial charge >= 0.3 is 0 Å². The summed E-state index contributed by atoms with van der Waals surface area (Å²) in [4.78, 5) is 22.2. The Morgan fingerprint density at radius 1 is 1.22 bits per heavy atom. The molecule has 1 heterocycles. The van der Waals surface area contributed by atoms with Crippen molar-refractivity contribution in [2.75, 3.05) is 13.4 Å². The number of Topliss-reactive ketones (excluding diaryl/α,β-unsaturated/α-hetero) is 1. The number of halogens is 1. The van der Waals surface area contributed by atoms with Gasteiger partial charge in [-0.25, -0.2) is 0 Å². The summed E-state index contributed by atoms with van der Waals surface area (Å²) in [5.41, 5.74) is 0.261. The molecule has 0 unspecified atom stereocenters. The van der Waals surface area contributed by atoms with Crippen molar-refractivity contribution in [3.8, 4) is 17.2 Å². The number of ketones is 1. The van der Waals surface area contributed by atoms with Crippen LogP contribution < -0.4 is 14.2 Å². The molecule has 7 nitrogen and oxygen atoms in total. The zero-order chi connectivity index (χ0) is 16.4. The second-order valence-corrected chi connectivity index (χ2v) is 5.06. The van der Waals surface area contributed by atoms with Gasteiger partial charge in [0.05, 0.1) is 9.95 Å². The quantitative estimate of drug-likeness (QED) is 0.473. The topological polar surface area (TPSA) is 87.9 Å². The van der Waals surface area contributed by atoms with Gasteiger partial charge in [0.2, 0.25) is 6.79 Å². The molecule has 0 saturated heterocycles. The van der Waals surface area contributed by atoms with Crippen LogP contribution in [0.4, 0.5) is 5.69 Å². The smallest absolute Gasteiger partial charge is 0.271 e. The molecule has 1 aliphatic rings. The fraction of sp³-hybridized carbons (Fsp3) is 0.133. The minimum Gasteiger partial charge on any atom is -0.484 e. The van der Waals surface area contributed by atoms with Gasteiger partial charge in [-0.05, 0) is 24.3 Å². The van der Waals surface area contributed by atoms with Gasteiger partial charge < -0.3 is 14.2 Å². The van der Waals surface area contributed by atoms with Crippen LogP contribution in [0, 0.1) is 10.1 Å². The molecular formula is C15H10ClNO6. The second-order valence-electron chi connectivity index (χ2n) is 4.65. The number of nitrogens with zero attached hydrogens (tertiary/aromatic N) is 1. The van der Waals surface area contributed by atoms with Crippen LogP contribution in [-0.4, -0.2) is 24.1 Å². The number of nitro groups is 1. The minimum absolute atomic E-state index is 0.0673. The van der Waals surface area contributed by atoms with Gasteiger partial charge in [0, 0.05) is 17.7 Å². The molecule has 0 saturated carbocycles. The Bertz CT molecular complexity index is 792. The Kier molecular flexibility index (Phi) is 4.03. The van der Waals surface area contributed by atoms with E-state index in [0.717, 1.165) is 0 Å². The van der Waals surface area contributed by atoms with Gasteiger partial charge in [-0.15, -0.1) is 0 Å². The molecule has 0 fully saturated rings. The Labute approximate surface area is 135 Å². The van der Waals surface area contributed by atoms with Gasteiger partial charge in [0.25, 0.3) is 5.69 Å². The van der Waals surface area contributed by atoms with Gasteiger partial charge in [-0.2, -0.15) is 0 Å². The first-order valence-corrected chi connectivity index (χ1v) is 6.92. The van der Waals surface area contributed by atoms with E-state index >= 15 is 0 Å². The summed E-state index contributed by atoms with van der Waals surface area (Å²) in [7, 11) is 0. The van der Waals surface area contributed by atoms with Crippen LogP contribution in [0.25, 0.3) is 0 Å². The number of ether oxygens (including phenoxy) is 3. The van der Waals surface area contributed by atoms with E-state index in [-0.39, 0.29) is 35.6 Å². The predicted octanol–water partition coefficient (Wildman–Crippen LogP) is 3.24. The number of carbonyl (C=O) groups excluding carboxylic acids is 1. The van der Waals surface area contributed by atoms with Crippen molar-refractivity contribution < 1.29 is 23.9 Å². The van der Waals surface area contributed by atoms with Crippen molar-refractivity contribution >= 4 is 23.1 Å². The maximum absolute atomic E-state index is 12.1. The van der Waals surface area contributed by atoms with Crippen molar-refractivity contribution in [2.24, 2.45) is 0 Å². The van der Waals surface area contributed by atoms with Crippen molar-refractivity contribution in [1.29, 1.82) is 0 Å². The highest BCUT2D eigenvalue weighted by atomic mass is 35.5. The molecule has 0 aliphatic carbocycles. The first-order chi connectivity index (χ1) is 11.0. The van der Waals surface area contributed by atoms with E-state index in [0.29, 0.717) is 17.1 Å². The number of benzene rings is 2. The summed E-state index contributed by atoms with van der Waals surface area (Å²) in [6.07, 6.45) is 0. The number of hydrogen-bond acceptors (Lipinski definition) is 6. The molecule has 118 valence electrons. The third kappa shape index (κ3) is 3.19.